The Hall–Kier alpha value is -2.41. The lowest BCUT2D eigenvalue weighted by molar-refractivity contribution is -0.135. The molecule has 2 unspecified atom stereocenters. The predicted octanol–water partition coefficient (Wildman–Crippen LogP) is 2.96. The van der Waals surface area contributed by atoms with E-state index < -0.39 is 6.10 Å². The van der Waals surface area contributed by atoms with Gasteiger partial charge in [0.15, 0.2) is 11.2 Å². The molecule has 0 saturated heterocycles. The molecule has 0 fully saturated rings. The number of fused-ring (bicyclic) bond motifs is 1. The van der Waals surface area contributed by atoms with Gasteiger partial charge in [0.1, 0.15) is 11.5 Å². The maximum atomic E-state index is 12.1. The Bertz CT molecular complexity index is 730. The molecule has 3 rings (SSSR count). The van der Waals surface area contributed by atoms with Crippen molar-refractivity contribution < 1.29 is 19.1 Å². The number of carbonyl (C=O) groups is 2. The first-order valence-corrected chi connectivity index (χ1v) is 8.12. The van der Waals surface area contributed by atoms with Gasteiger partial charge in [-0.15, -0.1) is 11.3 Å². The molecular weight excluding hydrogens is 316 g/mol. The van der Waals surface area contributed by atoms with Gasteiger partial charge in [-0.05, 0) is 24.5 Å². The molecule has 6 nitrogen and oxygen atoms in total. The number of thiazole rings is 1. The van der Waals surface area contributed by atoms with Gasteiger partial charge in [-0.2, -0.15) is 0 Å². The van der Waals surface area contributed by atoms with E-state index in [2.05, 4.69) is 10.3 Å². The van der Waals surface area contributed by atoms with Crippen LogP contribution in [-0.4, -0.2) is 23.0 Å². The molecule has 120 valence electrons. The topological polar surface area (TPSA) is 77.5 Å². The average molecular weight is 332 g/mol. The number of nitrogens with one attached hydrogen (secondary N) is 1. The zero-order valence-electron chi connectivity index (χ0n) is 12.7. The number of carbonyl (C=O) groups excluding carboxylic acids is 2. The molecule has 1 aromatic carbocycles. The van der Waals surface area contributed by atoms with Crippen LogP contribution in [0, 0.1) is 0 Å². The van der Waals surface area contributed by atoms with Crippen molar-refractivity contribution >= 4 is 28.3 Å². The highest BCUT2D eigenvalue weighted by Crippen LogP contribution is 2.36. The fraction of sp³-hybridized carbons (Fsp3) is 0.312. The van der Waals surface area contributed by atoms with Crippen LogP contribution >= 0.6 is 11.3 Å². The fourth-order valence-corrected chi connectivity index (χ4v) is 2.89. The molecule has 0 bridgehead atoms. The third kappa shape index (κ3) is 3.50. The molecule has 0 radical (unpaired) electrons. The minimum absolute atomic E-state index is 0.117. The van der Waals surface area contributed by atoms with Gasteiger partial charge < -0.3 is 9.47 Å². The second-order valence-corrected chi connectivity index (χ2v) is 6.26. The number of nitrogens with zero attached hydrogens (tertiary/aromatic N) is 1. The van der Waals surface area contributed by atoms with Crippen LogP contribution in [0.25, 0.3) is 0 Å². The highest BCUT2D eigenvalue weighted by molar-refractivity contribution is 7.13. The van der Waals surface area contributed by atoms with E-state index in [0.717, 1.165) is 5.56 Å². The van der Waals surface area contributed by atoms with Crippen molar-refractivity contribution in [2.24, 2.45) is 0 Å². The first-order chi connectivity index (χ1) is 11.0. The summed E-state index contributed by atoms with van der Waals surface area (Å²) in [5, 5.41) is 4.98. The molecular formula is C16H16N2O4S. The standard InChI is InChI=1S/C16H16N2O4S/c1-9-7-14(19)22-13-8-11(3-4-12(9)13)21-10(2)15(20)18-16-17-5-6-23-16/h3-6,8-10H,7H2,1-2H3,(H,17,18,20). The number of ether oxygens (including phenoxy) is 2. The van der Waals surface area contributed by atoms with E-state index in [1.54, 1.807) is 30.6 Å². The maximum absolute atomic E-state index is 12.1. The number of hydrogen-bond acceptors (Lipinski definition) is 6. The quantitative estimate of drug-likeness (QED) is 0.688. The predicted molar refractivity (Wildman–Crippen MR) is 85.9 cm³/mol. The highest BCUT2D eigenvalue weighted by atomic mass is 32.1. The second kappa shape index (κ2) is 6.37. The number of esters is 1. The van der Waals surface area contributed by atoms with Crippen molar-refractivity contribution in [2.45, 2.75) is 32.3 Å². The summed E-state index contributed by atoms with van der Waals surface area (Å²) in [4.78, 5) is 27.6. The number of hydrogen-bond donors (Lipinski definition) is 1. The van der Waals surface area contributed by atoms with Gasteiger partial charge in [0.05, 0.1) is 6.42 Å². The molecule has 0 aliphatic carbocycles. The number of amides is 1. The minimum atomic E-state index is -0.700. The summed E-state index contributed by atoms with van der Waals surface area (Å²) in [5.41, 5.74) is 0.969. The summed E-state index contributed by atoms with van der Waals surface area (Å²) in [6.07, 6.45) is 1.29. The molecule has 0 spiro atoms. The molecule has 2 atom stereocenters. The molecule has 1 aliphatic heterocycles. The van der Waals surface area contributed by atoms with Crippen molar-refractivity contribution in [3.05, 3.63) is 35.3 Å². The van der Waals surface area contributed by atoms with E-state index in [0.29, 0.717) is 23.1 Å². The first kappa shape index (κ1) is 15.5. The first-order valence-electron chi connectivity index (χ1n) is 7.24. The summed E-state index contributed by atoms with van der Waals surface area (Å²) in [6.45, 7) is 3.63. The van der Waals surface area contributed by atoms with Crippen LogP contribution in [0.2, 0.25) is 0 Å². The average Bonchev–Trinajstić information content (AvgIpc) is 2.99. The van der Waals surface area contributed by atoms with E-state index in [1.165, 1.54) is 11.3 Å². The maximum Gasteiger partial charge on any atom is 0.311 e. The fourth-order valence-electron chi connectivity index (χ4n) is 2.36. The molecule has 1 aliphatic rings. The van der Waals surface area contributed by atoms with Crippen LogP contribution in [0.15, 0.2) is 29.8 Å². The molecule has 23 heavy (non-hydrogen) atoms. The lowest BCUT2D eigenvalue weighted by atomic mass is 9.95. The van der Waals surface area contributed by atoms with Gasteiger partial charge in [-0.3, -0.25) is 14.9 Å². The largest absolute Gasteiger partial charge is 0.481 e. The van der Waals surface area contributed by atoms with Gasteiger partial charge >= 0.3 is 5.97 Å². The van der Waals surface area contributed by atoms with E-state index in [4.69, 9.17) is 9.47 Å². The Balaban J connectivity index is 1.69. The Kier molecular flexibility index (Phi) is 4.29. The smallest absolute Gasteiger partial charge is 0.311 e. The van der Waals surface area contributed by atoms with Gasteiger partial charge in [0, 0.05) is 17.6 Å². The number of aromatic nitrogens is 1. The Labute approximate surface area is 137 Å². The van der Waals surface area contributed by atoms with Crippen LogP contribution in [-0.2, 0) is 9.59 Å². The van der Waals surface area contributed by atoms with Crippen LogP contribution in [0.3, 0.4) is 0 Å². The molecule has 2 aromatic rings. The van der Waals surface area contributed by atoms with Crippen molar-refractivity contribution in [1.82, 2.24) is 4.98 Å². The van der Waals surface area contributed by atoms with Crippen LogP contribution < -0.4 is 14.8 Å². The zero-order valence-corrected chi connectivity index (χ0v) is 13.6. The minimum Gasteiger partial charge on any atom is -0.481 e. The normalized spacial score (nSPS) is 17.8. The molecule has 2 heterocycles. The van der Waals surface area contributed by atoms with Crippen LogP contribution in [0.1, 0.15) is 31.7 Å². The molecule has 7 heteroatoms. The van der Waals surface area contributed by atoms with E-state index in [-0.39, 0.29) is 17.8 Å². The van der Waals surface area contributed by atoms with Crippen molar-refractivity contribution in [3.63, 3.8) is 0 Å². The Morgan fingerprint density at radius 3 is 3.09 bits per heavy atom. The van der Waals surface area contributed by atoms with Crippen molar-refractivity contribution in [1.29, 1.82) is 0 Å². The van der Waals surface area contributed by atoms with Crippen LogP contribution in [0.5, 0.6) is 11.5 Å². The monoisotopic (exact) mass is 332 g/mol. The number of rotatable bonds is 4. The summed E-state index contributed by atoms with van der Waals surface area (Å²) in [7, 11) is 0. The lowest BCUT2D eigenvalue weighted by Gasteiger charge is -2.22. The molecule has 1 amide bonds. The number of benzene rings is 1. The van der Waals surface area contributed by atoms with E-state index in [9.17, 15) is 9.59 Å². The van der Waals surface area contributed by atoms with Crippen molar-refractivity contribution in [3.8, 4) is 11.5 Å². The van der Waals surface area contributed by atoms with Crippen molar-refractivity contribution in [2.75, 3.05) is 5.32 Å². The summed E-state index contributed by atoms with van der Waals surface area (Å²) >= 11 is 1.34. The zero-order chi connectivity index (χ0) is 16.4. The molecule has 1 N–H and O–H groups in total. The SMILES string of the molecule is CC(Oc1ccc2c(c1)OC(=O)CC2C)C(=O)Nc1nccs1. The third-order valence-electron chi connectivity index (χ3n) is 3.56. The molecule has 0 saturated carbocycles. The summed E-state index contributed by atoms with van der Waals surface area (Å²) in [6, 6.07) is 5.30. The van der Waals surface area contributed by atoms with E-state index in [1.807, 2.05) is 13.0 Å². The summed E-state index contributed by atoms with van der Waals surface area (Å²) in [5.74, 6) is 0.553. The molecule has 1 aromatic heterocycles. The van der Waals surface area contributed by atoms with Gasteiger partial charge in [-0.25, -0.2) is 4.98 Å². The Morgan fingerprint density at radius 2 is 2.35 bits per heavy atom. The lowest BCUT2D eigenvalue weighted by Crippen LogP contribution is -2.30. The van der Waals surface area contributed by atoms with Gasteiger partial charge in [0.25, 0.3) is 5.91 Å². The summed E-state index contributed by atoms with van der Waals surface area (Å²) < 4.78 is 10.9. The van der Waals surface area contributed by atoms with Crippen LogP contribution in [0.4, 0.5) is 5.13 Å². The number of anilines is 1. The van der Waals surface area contributed by atoms with Gasteiger partial charge in [-0.1, -0.05) is 13.0 Å². The second-order valence-electron chi connectivity index (χ2n) is 5.37. The third-order valence-corrected chi connectivity index (χ3v) is 4.25. The van der Waals surface area contributed by atoms with Gasteiger partial charge in [0.2, 0.25) is 0 Å². The van der Waals surface area contributed by atoms with E-state index >= 15 is 0 Å². The Morgan fingerprint density at radius 1 is 1.52 bits per heavy atom. The highest BCUT2D eigenvalue weighted by Gasteiger charge is 2.25.